The van der Waals surface area contributed by atoms with E-state index in [4.69, 9.17) is 4.43 Å². The maximum atomic E-state index is 12.4. The Hall–Kier alpha value is -0.871. The highest BCUT2D eigenvalue weighted by atomic mass is 32.2. The van der Waals surface area contributed by atoms with Crippen molar-refractivity contribution in [3.63, 3.8) is 0 Å². The molecule has 13 nitrogen and oxygen atoms in total. The average Bonchev–Trinajstić information content (AvgIpc) is 2.83. The van der Waals surface area contributed by atoms with Gasteiger partial charge in [-0.1, -0.05) is 38.9 Å². The van der Waals surface area contributed by atoms with Crippen LogP contribution in [-0.2, 0) is 61.3 Å². The van der Waals surface area contributed by atoms with Crippen molar-refractivity contribution in [1.29, 1.82) is 0 Å². The fourth-order valence-corrected chi connectivity index (χ4v) is 8.59. The Kier molecular flexibility index (Phi) is 16.8. The van der Waals surface area contributed by atoms with Crippen LogP contribution in [0, 0.1) is 12.3 Å². The van der Waals surface area contributed by atoms with Crippen molar-refractivity contribution in [2.75, 3.05) is 0 Å². The zero-order chi connectivity index (χ0) is 41.8. The van der Waals surface area contributed by atoms with E-state index in [0.29, 0.717) is 6.10 Å². The Bertz CT molecular complexity index is 1420. The molecule has 1 unspecified atom stereocenters. The van der Waals surface area contributed by atoms with Crippen LogP contribution in [0.4, 0.5) is 52.7 Å². The number of halogens is 12. The first-order chi connectivity index (χ1) is 22.5. The van der Waals surface area contributed by atoms with Crippen molar-refractivity contribution in [3.05, 3.63) is 6.42 Å². The summed E-state index contributed by atoms with van der Waals surface area (Å²) >= 11 is 0. The molecule has 0 radical (unpaired) electrons. The van der Waals surface area contributed by atoms with Crippen LogP contribution in [0.5, 0.6) is 0 Å². The molecule has 1 aliphatic carbocycles. The molecule has 32 heteroatoms. The van der Waals surface area contributed by atoms with E-state index in [1.165, 1.54) is 44.6 Å². The first-order valence-corrected chi connectivity index (χ1v) is 26.9. The SMILES string of the molecule is C[Si](C)(C)C[CH+]CC(O[Si](C)(C)C)C1CCCCC1.O=S(=O)(O[B-](OS(=O)(=O)C(F)(F)F)(OS(=O)(=O)C(F)(F)F)OS(=O)(=O)C(F)(F)F)C(F)(F)F. The third-order valence-corrected chi connectivity index (χ3v) is 12.7. The molecule has 0 saturated heterocycles. The quantitative estimate of drug-likeness (QED) is 0.0742. The van der Waals surface area contributed by atoms with E-state index in [1.54, 1.807) is 0 Å². The molecule has 0 aromatic rings. The molecule has 0 aromatic carbocycles. The van der Waals surface area contributed by atoms with Crippen molar-refractivity contribution in [2.45, 2.75) is 112 Å². The van der Waals surface area contributed by atoms with Crippen LogP contribution in [0.15, 0.2) is 0 Å². The second-order valence-electron chi connectivity index (χ2n) is 13.0. The van der Waals surface area contributed by atoms with Crippen LogP contribution in [0.1, 0.15) is 38.5 Å². The van der Waals surface area contributed by atoms with Crippen LogP contribution < -0.4 is 0 Å². The van der Waals surface area contributed by atoms with Crippen molar-refractivity contribution in [2.24, 2.45) is 5.92 Å². The lowest BCUT2D eigenvalue weighted by Crippen LogP contribution is -2.59. The van der Waals surface area contributed by atoms with E-state index >= 15 is 0 Å². The van der Waals surface area contributed by atoms with Gasteiger partial charge >= 0.3 is 69.5 Å². The summed E-state index contributed by atoms with van der Waals surface area (Å²) in [4.78, 5) is 0. The van der Waals surface area contributed by atoms with Crippen molar-refractivity contribution < 1.29 is 107 Å². The van der Waals surface area contributed by atoms with E-state index in [9.17, 15) is 86.4 Å². The van der Waals surface area contributed by atoms with Gasteiger partial charge in [-0.3, -0.25) is 0 Å². The molecule has 52 heavy (non-hydrogen) atoms. The lowest BCUT2D eigenvalue weighted by Gasteiger charge is -2.37. The summed E-state index contributed by atoms with van der Waals surface area (Å²) in [5, 5.41) is 0. The highest BCUT2D eigenvalue weighted by Crippen LogP contribution is 2.39. The minimum Gasteiger partial charge on any atom is -0.410 e. The first kappa shape index (κ1) is 51.1. The second-order valence-corrected chi connectivity index (χ2v) is 29.3. The summed E-state index contributed by atoms with van der Waals surface area (Å²) in [5.74, 6) is 0.832. The largest absolute Gasteiger partial charge is 0.587 e. The lowest BCUT2D eigenvalue weighted by atomic mass is 9.84. The van der Waals surface area contributed by atoms with Crippen LogP contribution in [0.3, 0.4) is 0 Å². The van der Waals surface area contributed by atoms with Crippen LogP contribution in [-0.4, -0.2) is 85.2 Å². The molecule has 0 amide bonds. The Morgan fingerprint density at radius 3 is 1.10 bits per heavy atom. The molecule has 1 aliphatic rings. The van der Waals surface area contributed by atoms with Gasteiger partial charge in [-0.2, -0.15) is 86.4 Å². The molecule has 312 valence electrons. The number of rotatable bonds is 15. The first-order valence-electron chi connectivity index (χ1n) is 14.2. The van der Waals surface area contributed by atoms with E-state index in [-0.39, 0.29) is 0 Å². The maximum Gasteiger partial charge on any atom is 0.587 e. The molecule has 0 heterocycles. The molecular formula is C20H35BF12O13S4Si2. The zero-order valence-electron chi connectivity index (χ0n) is 27.7. The Labute approximate surface area is 294 Å². The van der Waals surface area contributed by atoms with Crippen molar-refractivity contribution in [3.8, 4) is 0 Å². The van der Waals surface area contributed by atoms with E-state index < -0.39 is 85.9 Å². The Morgan fingerprint density at radius 2 is 0.865 bits per heavy atom. The molecule has 0 bridgehead atoms. The molecule has 1 saturated carbocycles. The summed E-state index contributed by atoms with van der Waals surface area (Å²) in [6.07, 6.45) is 11.3. The molecule has 1 rings (SSSR count). The third kappa shape index (κ3) is 16.5. The van der Waals surface area contributed by atoms with Crippen LogP contribution in [0.2, 0.25) is 45.3 Å². The molecule has 0 aliphatic heterocycles. The van der Waals surface area contributed by atoms with E-state index in [0.717, 1.165) is 5.92 Å². The number of hydrogen-bond donors (Lipinski definition) is 0. The molecule has 1 atom stereocenters. The third-order valence-electron chi connectivity index (χ3n) is 5.95. The second kappa shape index (κ2) is 17.1. The summed E-state index contributed by atoms with van der Waals surface area (Å²) in [7, 11) is -34.5. The van der Waals surface area contributed by atoms with Gasteiger partial charge in [-0.05, 0) is 38.4 Å². The minimum atomic E-state index is -8.05. The summed E-state index contributed by atoms with van der Waals surface area (Å²) in [6.45, 7) is 6.49. The standard InChI is InChI=1S/C16H35OSi2.C4BF12O12S4/c1-18(2,3)14-10-13-16(17-19(4,5)6)15-11-8-7-9-12-15;6-1(7,8)30(18,19)26-5(27-31(20,21)2(9,10)11,28-32(22,23)3(12,13)14)29-33(24,25)4(15,16)17/h10,15-16H,7-9,11-14H2,1-6H3;/q+1;-1. The topological polar surface area (TPSA) is 183 Å². The highest BCUT2D eigenvalue weighted by molar-refractivity contribution is 7.93. The molecule has 0 spiro atoms. The van der Waals surface area contributed by atoms with Gasteiger partial charge in [0.15, 0.2) is 8.32 Å². The molecular weight excluding hydrogens is 871 g/mol. The minimum absolute atomic E-state index is 0.517. The molecule has 1 fully saturated rings. The van der Waals surface area contributed by atoms with Gasteiger partial charge in [0.05, 0.1) is 26.6 Å². The molecule has 0 aromatic heterocycles. The highest BCUT2D eigenvalue weighted by Gasteiger charge is 2.64. The van der Waals surface area contributed by atoms with E-state index in [2.05, 4.69) is 62.1 Å². The lowest BCUT2D eigenvalue weighted by molar-refractivity contribution is -0.0651. The average molecular weight is 907 g/mol. The van der Waals surface area contributed by atoms with Crippen LogP contribution >= 0.6 is 0 Å². The fourth-order valence-electron chi connectivity index (χ4n) is 3.91. The van der Waals surface area contributed by atoms with E-state index in [1.807, 2.05) is 0 Å². The maximum absolute atomic E-state index is 12.4. The summed E-state index contributed by atoms with van der Waals surface area (Å²) in [6, 6.07) is 1.34. The predicted molar refractivity (Wildman–Crippen MR) is 162 cm³/mol. The van der Waals surface area contributed by atoms with Gasteiger partial charge < -0.3 is 20.8 Å². The van der Waals surface area contributed by atoms with Gasteiger partial charge in [0.1, 0.15) is 6.42 Å². The normalized spacial score (nSPS) is 17.7. The van der Waals surface area contributed by atoms with Gasteiger partial charge in [0.2, 0.25) is 0 Å². The monoisotopic (exact) mass is 906 g/mol. The Balaban J connectivity index is 0.00000115. The van der Waals surface area contributed by atoms with Gasteiger partial charge in [-0.25, -0.2) is 0 Å². The van der Waals surface area contributed by atoms with Gasteiger partial charge in [0, 0.05) is 0 Å². The number of alkyl halides is 12. The fraction of sp³-hybridized carbons (Fsp3) is 0.950. The smallest absolute Gasteiger partial charge is 0.410 e. The van der Waals surface area contributed by atoms with Crippen molar-refractivity contribution in [1.82, 2.24) is 0 Å². The van der Waals surface area contributed by atoms with Crippen LogP contribution in [0.25, 0.3) is 0 Å². The van der Waals surface area contributed by atoms with Gasteiger partial charge in [-0.15, -0.1) is 0 Å². The summed E-state index contributed by atoms with van der Waals surface area (Å²) < 4.78 is 251. The Morgan fingerprint density at radius 1 is 0.577 bits per heavy atom. The zero-order valence-corrected chi connectivity index (χ0v) is 33.0. The van der Waals surface area contributed by atoms with Gasteiger partial charge in [0.25, 0.3) is 0 Å². The van der Waals surface area contributed by atoms with Crippen molar-refractivity contribution >= 4 is 63.8 Å². The number of hydrogen-bond acceptors (Lipinski definition) is 13. The summed E-state index contributed by atoms with van der Waals surface area (Å²) in [5.41, 5.74) is -28.5. The predicted octanol–water partition coefficient (Wildman–Crippen LogP) is 6.61. The molecule has 0 N–H and O–H groups in total.